The van der Waals surface area contributed by atoms with Gasteiger partial charge in [0.15, 0.2) is 0 Å². The number of nitrogens with zero attached hydrogens (tertiary/aromatic N) is 2. The van der Waals surface area contributed by atoms with Crippen molar-refractivity contribution in [2.75, 3.05) is 16.2 Å². The van der Waals surface area contributed by atoms with Crippen LogP contribution in [0, 0.1) is 0 Å². The first-order valence-electron chi connectivity index (χ1n) is 10.2. The molecule has 0 aliphatic carbocycles. The maximum absolute atomic E-state index is 13.3. The maximum Gasteiger partial charge on any atom is 0.264 e. The molecule has 2 amide bonds. The van der Waals surface area contributed by atoms with E-state index in [9.17, 15) is 18.0 Å². The lowest BCUT2D eigenvalue weighted by Crippen LogP contribution is -2.39. The Hall–Kier alpha value is -3.69. The van der Waals surface area contributed by atoms with E-state index in [1.165, 1.54) is 31.2 Å². The second kappa shape index (κ2) is 11.0. The van der Waals surface area contributed by atoms with E-state index in [1.54, 1.807) is 61.5 Å². The molecular weight excluding hydrogens is 476 g/mol. The van der Waals surface area contributed by atoms with Crippen LogP contribution in [0.25, 0.3) is 0 Å². The van der Waals surface area contributed by atoms with Crippen LogP contribution in [0.15, 0.2) is 88.9 Å². The number of hydrogen-bond donors (Lipinski definition) is 2. The Balaban J connectivity index is 1.81. The van der Waals surface area contributed by atoms with E-state index in [4.69, 9.17) is 11.6 Å². The lowest BCUT2D eigenvalue weighted by molar-refractivity contribution is -0.119. The normalized spacial score (nSPS) is 11.6. The Morgan fingerprint density at radius 2 is 1.62 bits per heavy atom. The van der Waals surface area contributed by atoms with Gasteiger partial charge in [0, 0.05) is 17.6 Å². The Kier molecular flexibility index (Phi) is 8.04. The summed E-state index contributed by atoms with van der Waals surface area (Å²) in [5.41, 5.74) is 4.49. The number of halogens is 1. The van der Waals surface area contributed by atoms with Crippen molar-refractivity contribution in [2.24, 2.45) is 5.10 Å². The summed E-state index contributed by atoms with van der Waals surface area (Å²) in [5.74, 6) is -0.832. The zero-order valence-corrected chi connectivity index (χ0v) is 20.1. The molecule has 176 valence electrons. The van der Waals surface area contributed by atoms with E-state index < -0.39 is 22.5 Å². The minimum Gasteiger partial charge on any atom is -0.326 e. The van der Waals surface area contributed by atoms with Crippen LogP contribution in [0.5, 0.6) is 0 Å². The molecule has 0 aromatic heterocycles. The molecule has 3 aromatic carbocycles. The number of amides is 2. The van der Waals surface area contributed by atoms with Crippen molar-refractivity contribution in [3.05, 3.63) is 89.4 Å². The van der Waals surface area contributed by atoms with Gasteiger partial charge in [-0.1, -0.05) is 41.9 Å². The van der Waals surface area contributed by atoms with E-state index in [0.717, 1.165) is 4.31 Å². The lowest BCUT2D eigenvalue weighted by atomic mass is 10.1. The molecule has 10 heteroatoms. The lowest BCUT2D eigenvalue weighted by Gasteiger charge is -2.23. The molecule has 0 heterocycles. The average molecular weight is 499 g/mol. The number of anilines is 2. The van der Waals surface area contributed by atoms with Gasteiger partial charge < -0.3 is 5.32 Å². The second-order valence-corrected chi connectivity index (χ2v) is 9.59. The van der Waals surface area contributed by atoms with E-state index >= 15 is 0 Å². The van der Waals surface area contributed by atoms with Gasteiger partial charge in [-0.15, -0.1) is 0 Å². The molecule has 0 fully saturated rings. The third-order valence-corrected chi connectivity index (χ3v) is 6.72. The Morgan fingerprint density at radius 1 is 0.941 bits per heavy atom. The van der Waals surface area contributed by atoms with Crippen molar-refractivity contribution in [1.82, 2.24) is 5.43 Å². The van der Waals surface area contributed by atoms with Gasteiger partial charge in [-0.2, -0.15) is 5.10 Å². The summed E-state index contributed by atoms with van der Waals surface area (Å²) in [5, 5.41) is 7.17. The number of hydrazone groups is 1. The smallest absolute Gasteiger partial charge is 0.264 e. The molecule has 3 aromatic rings. The third kappa shape index (κ3) is 6.43. The standard InChI is InChI=1S/C24H23ClN4O4S/c1-17(19-7-6-8-21(15-19)26-18(2)30)27-28-24(31)16-29(22-9-4-3-5-10-22)34(32,33)23-13-11-20(25)12-14-23/h3-15H,16H2,1-2H3,(H,26,30)(H,28,31)/b27-17-. The largest absolute Gasteiger partial charge is 0.326 e. The number of carbonyl (C=O) groups is 2. The van der Waals surface area contributed by atoms with Crippen molar-refractivity contribution >= 4 is 50.5 Å². The minimum absolute atomic E-state index is 0.00280. The van der Waals surface area contributed by atoms with Crippen LogP contribution in [0.1, 0.15) is 19.4 Å². The van der Waals surface area contributed by atoms with Crippen LogP contribution < -0.4 is 15.0 Å². The molecule has 0 radical (unpaired) electrons. The first-order chi connectivity index (χ1) is 16.2. The van der Waals surface area contributed by atoms with Crippen LogP contribution in [0.3, 0.4) is 0 Å². The predicted octanol–water partition coefficient (Wildman–Crippen LogP) is 4.03. The second-order valence-electron chi connectivity index (χ2n) is 7.30. The molecule has 3 rings (SSSR count). The number of rotatable bonds is 8. The number of carbonyl (C=O) groups excluding carboxylic acids is 2. The van der Waals surface area contributed by atoms with E-state index in [-0.39, 0.29) is 10.8 Å². The zero-order chi connectivity index (χ0) is 24.7. The van der Waals surface area contributed by atoms with Crippen molar-refractivity contribution in [3.8, 4) is 0 Å². The van der Waals surface area contributed by atoms with Gasteiger partial charge in [-0.3, -0.25) is 13.9 Å². The highest BCUT2D eigenvalue weighted by molar-refractivity contribution is 7.92. The van der Waals surface area contributed by atoms with Crippen LogP contribution >= 0.6 is 11.6 Å². The summed E-state index contributed by atoms with van der Waals surface area (Å²) in [4.78, 5) is 24.0. The van der Waals surface area contributed by atoms with E-state index in [2.05, 4.69) is 15.8 Å². The molecule has 34 heavy (non-hydrogen) atoms. The van der Waals surface area contributed by atoms with Crippen LogP contribution in [-0.4, -0.2) is 32.5 Å². The maximum atomic E-state index is 13.3. The predicted molar refractivity (Wildman–Crippen MR) is 134 cm³/mol. The van der Waals surface area contributed by atoms with Gasteiger partial charge in [0.2, 0.25) is 5.91 Å². The first-order valence-corrected chi connectivity index (χ1v) is 12.0. The first kappa shape index (κ1) is 24.9. The Labute approximate surface area is 203 Å². The number of benzene rings is 3. The quantitative estimate of drug-likeness (QED) is 0.361. The number of para-hydroxylation sites is 1. The summed E-state index contributed by atoms with van der Waals surface area (Å²) < 4.78 is 27.6. The van der Waals surface area contributed by atoms with Crippen LogP contribution in [-0.2, 0) is 19.6 Å². The Bertz CT molecular complexity index is 1310. The van der Waals surface area contributed by atoms with E-state index in [0.29, 0.717) is 27.7 Å². The minimum atomic E-state index is -4.05. The van der Waals surface area contributed by atoms with Crippen molar-refractivity contribution in [3.63, 3.8) is 0 Å². The highest BCUT2D eigenvalue weighted by Gasteiger charge is 2.27. The molecule has 0 aliphatic heterocycles. The fraction of sp³-hybridized carbons (Fsp3) is 0.125. The molecule has 0 atom stereocenters. The summed E-state index contributed by atoms with van der Waals surface area (Å²) in [6, 6.07) is 21.0. The summed E-state index contributed by atoms with van der Waals surface area (Å²) in [6.07, 6.45) is 0. The molecule has 0 unspecified atom stereocenters. The van der Waals surface area contributed by atoms with Crippen LogP contribution in [0.2, 0.25) is 5.02 Å². The van der Waals surface area contributed by atoms with Gasteiger partial charge in [0.05, 0.1) is 16.3 Å². The zero-order valence-electron chi connectivity index (χ0n) is 18.5. The van der Waals surface area contributed by atoms with Crippen molar-refractivity contribution < 1.29 is 18.0 Å². The van der Waals surface area contributed by atoms with E-state index in [1.807, 2.05) is 0 Å². The third-order valence-electron chi connectivity index (χ3n) is 4.68. The summed E-state index contributed by atoms with van der Waals surface area (Å²) >= 11 is 5.89. The Morgan fingerprint density at radius 3 is 2.26 bits per heavy atom. The van der Waals surface area contributed by atoms with Gasteiger partial charge in [0.25, 0.3) is 15.9 Å². The molecular formula is C24H23ClN4O4S. The van der Waals surface area contributed by atoms with Gasteiger partial charge >= 0.3 is 0 Å². The van der Waals surface area contributed by atoms with Gasteiger partial charge in [0.1, 0.15) is 6.54 Å². The number of hydrogen-bond acceptors (Lipinski definition) is 5. The molecule has 0 spiro atoms. The van der Waals surface area contributed by atoms with Crippen molar-refractivity contribution in [2.45, 2.75) is 18.7 Å². The fourth-order valence-electron chi connectivity index (χ4n) is 3.04. The summed E-state index contributed by atoms with van der Waals surface area (Å²) in [6.45, 7) is 2.61. The topological polar surface area (TPSA) is 108 Å². The highest BCUT2D eigenvalue weighted by Crippen LogP contribution is 2.24. The monoisotopic (exact) mass is 498 g/mol. The fourth-order valence-corrected chi connectivity index (χ4v) is 4.59. The molecule has 0 bridgehead atoms. The van der Waals surface area contributed by atoms with Gasteiger partial charge in [-0.05, 0) is 61.0 Å². The highest BCUT2D eigenvalue weighted by atomic mass is 35.5. The van der Waals surface area contributed by atoms with Gasteiger partial charge in [-0.25, -0.2) is 13.8 Å². The molecule has 2 N–H and O–H groups in total. The summed E-state index contributed by atoms with van der Waals surface area (Å²) in [7, 11) is -4.05. The number of sulfonamides is 1. The SMILES string of the molecule is CC(=O)Nc1cccc(/C(C)=N\NC(=O)CN(c2ccccc2)S(=O)(=O)c2ccc(Cl)cc2)c1. The molecule has 0 saturated carbocycles. The molecule has 0 saturated heterocycles. The van der Waals surface area contributed by atoms with Crippen molar-refractivity contribution in [1.29, 1.82) is 0 Å². The number of nitrogens with one attached hydrogen (secondary N) is 2. The molecule has 0 aliphatic rings. The average Bonchev–Trinajstić information content (AvgIpc) is 2.81. The molecule has 8 nitrogen and oxygen atoms in total. The van der Waals surface area contributed by atoms with Crippen LogP contribution in [0.4, 0.5) is 11.4 Å².